The predicted octanol–water partition coefficient (Wildman–Crippen LogP) is 7.63. The minimum atomic E-state index is -4.50. The van der Waals surface area contributed by atoms with Gasteiger partial charge in [-0.05, 0) is 54.7 Å². The van der Waals surface area contributed by atoms with Gasteiger partial charge in [-0.1, -0.05) is 48.5 Å². The summed E-state index contributed by atoms with van der Waals surface area (Å²) in [7, 11) is 1.36. The SMILES string of the molecule is COC(=O)c1c(C[N+]2(C3CCNCC3)CCCCC2)c(-c2cccc(C(F)(F)F)c2)nc2ccc(-c3ccccc3)cc12. The average Bonchev–Trinajstić information content (AvgIpc) is 3.05. The number of pyridine rings is 1. The van der Waals surface area contributed by atoms with Crippen LogP contribution in [0.2, 0.25) is 0 Å². The third-order valence-electron chi connectivity index (χ3n) is 9.31. The highest BCUT2D eigenvalue weighted by Gasteiger charge is 2.41. The Morgan fingerprint density at radius 2 is 1.63 bits per heavy atom. The maximum Gasteiger partial charge on any atom is 0.416 e. The molecule has 4 aromatic rings. The lowest BCUT2D eigenvalue weighted by atomic mass is 9.90. The number of hydrogen-bond donors (Lipinski definition) is 1. The van der Waals surface area contributed by atoms with Gasteiger partial charge in [-0.3, -0.25) is 0 Å². The number of benzene rings is 3. The van der Waals surface area contributed by atoms with Crippen molar-refractivity contribution in [3.05, 3.63) is 89.5 Å². The van der Waals surface area contributed by atoms with E-state index in [0.29, 0.717) is 45.9 Å². The lowest BCUT2D eigenvalue weighted by Gasteiger charge is -2.49. The number of carbonyl (C=O) groups is 1. The number of fused-ring (bicyclic) bond motifs is 1. The summed E-state index contributed by atoms with van der Waals surface area (Å²) in [6.07, 6.45) is 0.854. The molecular weight excluding hydrogens is 551 g/mol. The van der Waals surface area contributed by atoms with E-state index in [1.807, 2.05) is 48.5 Å². The Morgan fingerprint density at radius 3 is 2.33 bits per heavy atom. The zero-order valence-electron chi connectivity index (χ0n) is 24.4. The number of methoxy groups -OCH3 is 1. The molecule has 5 nitrogen and oxygen atoms in total. The van der Waals surface area contributed by atoms with Crippen molar-refractivity contribution in [3.8, 4) is 22.4 Å². The number of likely N-dealkylation sites (tertiary alicyclic amines) is 1. The fraction of sp³-hybridized carbons (Fsp3) is 0.371. The van der Waals surface area contributed by atoms with E-state index < -0.39 is 17.7 Å². The lowest BCUT2D eigenvalue weighted by Crippen LogP contribution is -2.60. The molecule has 0 radical (unpaired) electrons. The summed E-state index contributed by atoms with van der Waals surface area (Å²) < 4.78 is 47.8. The Hall–Kier alpha value is -3.75. The molecule has 43 heavy (non-hydrogen) atoms. The van der Waals surface area contributed by atoms with Gasteiger partial charge in [0.25, 0.3) is 0 Å². The van der Waals surface area contributed by atoms with E-state index in [4.69, 9.17) is 9.72 Å². The van der Waals surface area contributed by atoms with Crippen LogP contribution >= 0.6 is 0 Å². The van der Waals surface area contributed by atoms with Gasteiger partial charge in [0.15, 0.2) is 0 Å². The molecule has 3 aromatic carbocycles. The molecule has 0 spiro atoms. The number of alkyl halides is 3. The highest BCUT2D eigenvalue weighted by Crippen LogP contribution is 2.40. The quantitative estimate of drug-likeness (QED) is 0.186. The van der Waals surface area contributed by atoms with E-state index >= 15 is 0 Å². The molecule has 1 N–H and O–H groups in total. The van der Waals surface area contributed by atoms with Crippen molar-refractivity contribution < 1.29 is 27.2 Å². The zero-order chi connectivity index (χ0) is 30.0. The summed E-state index contributed by atoms with van der Waals surface area (Å²) in [6.45, 7) is 4.32. The first-order valence-electron chi connectivity index (χ1n) is 15.1. The molecule has 224 valence electrons. The van der Waals surface area contributed by atoms with Gasteiger partial charge in [0.05, 0.1) is 48.6 Å². The molecule has 0 saturated carbocycles. The number of rotatable bonds is 6. The van der Waals surface area contributed by atoms with Gasteiger partial charge in [0, 0.05) is 42.4 Å². The number of esters is 1. The second-order valence-corrected chi connectivity index (χ2v) is 11.8. The van der Waals surface area contributed by atoms with Crippen molar-refractivity contribution in [1.29, 1.82) is 0 Å². The van der Waals surface area contributed by atoms with Gasteiger partial charge in [0.2, 0.25) is 0 Å². The van der Waals surface area contributed by atoms with E-state index in [0.717, 1.165) is 86.0 Å². The van der Waals surface area contributed by atoms with E-state index in [9.17, 15) is 18.0 Å². The fourth-order valence-corrected chi connectivity index (χ4v) is 7.15. The molecular formula is C35H37F3N3O2+. The van der Waals surface area contributed by atoms with E-state index in [2.05, 4.69) is 5.32 Å². The summed E-state index contributed by atoms with van der Waals surface area (Å²) in [6, 6.07) is 21.4. The lowest BCUT2D eigenvalue weighted by molar-refractivity contribution is -0.968. The number of ether oxygens (including phenoxy) is 1. The molecule has 0 amide bonds. The Morgan fingerprint density at radius 1 is 0.907 bits per heavy atom. The van der Waals surface area contributed by atoms with Gasteiger partial charge in [-0.25, -0.2) is 9.78 Å². The molecule has 2 saturated heterocycles. The smallest absolute Gasteiger partial charge is 0.416 e. The number of carbonyl (C=O) groups excluding carboxylic acids is 1. The van der Waals surface area contributed by atoms with Crippen molar-refractivity contribution in [1.82, 2.24) is 10.3 Å². The Bertz CT molecular complexity index is 1610. The van der Waals surface area contributed by atoms with Gasteiger partial charge in [0.1, 0.15) is 6.54 Å². The Labute approximate surface area is 250 Å². The van der Waals surface area contributed by atoms with Crippen LogP contribution in [-0.4, -0.2) is 54.8 Å². The normalized spacial score (nSPS) is 17.6. The molecule has 0 atom stereocenters. The van der Waals surface area contributed by atoms with Crippen LogP contribution in [0.25, 0.3) is 33.3 Å². The number of aromatic nitrogens is 1. The van der Waals surface area contributed by atoms with Crippen molar-refractivity contribution >= 4 is 16.9 Å². The summed E-state index contributed by atoms with van der Waals surface area (Å²) in [5.41, 5.74) is 3.57. The molecule has 0 bridgehead atoms. The summed E-state index contributed by atoms with van der Waals surface area (Å²) in [5, 5.41) is 4.13. The largest absolute Gasteiger partial charge is 0.465 e. The highest BCUT2D eigenvalue weighted by atomic mass is 19.4. The number of hydrogen-bond acceptors (Lipinski definition) is 4. The molecule has 1 aromatic heterocycles. The van der Waals surface area contributed by atoms with Gasteiger partial charge in [-0.15, -0.1) is 0 Å². The van der Waals surface area contributed by atoms with Gasteiger partial charge >= 0.3 is 12.1 Å². The standard InChI is InChI=1S/C35H37F3N3O2/c1-43-34(42)32-29-22-25(24-9-4-2-5-10-24)13-14-31(29)40-33(26-11-8-12-27(21-26)35(36,37)38)30(32)23-41(19-6-3-7-20-41)28-15-17-39-18-16-28/h2,4-5,8-14,21-22,28,39H,3,6-7,15-20,23H2,1H3/q+1. The monoisotopic (exact) mass is 588 g/mol. The number of quaternary nitrogens is 1. The Kier molecular flexibility index (Phi) is 8.25. The van der Waals surface area contributed by atoms with Crippen LogP contribution in [0.3, 0.4) is 0 Å². The van der Waals surface area contributed by atoms with Crippen LogP contribution < -0.4 is 5.32 Å². The minimum Gasteiger partial charge on any atom is -0.465 e. The van der Waals surface area contributed by atoms with E-state index in [1.54, 1.807) is 6.07 Å². The molecule has 2 fully saturated rings. The van der Waals surface area contributed by atoms with Crippen molar-refractivity contribution in [2.75, 3.05) is 33.3 Å². The first kappa shape index (κ1) is 29.3. The van der Waals surface area contributed by atoms with Crippen LogP contribution in [0.15, 0.2) is 72.8 Å². The minimum absolute atomic E-state index is 0.351. The fourth-order valence-electron chi connectivity index (χ4n) is 7.15. The number of nitrogens with one attached hydrogen (secondary N) is 1. The van der Waals surface area contributed by atoms with Crippen LogP contribution in [0.1, 0.15) is 53.6 Å². The number of nitrogens with zero attached hydrogens (tertiary/aromatic N) is 2. The molecule has 0 unspecified atom stereocenters. The summed E-state index contributed by atoms with van der Waals surface area (Å²) >= 11 is 0. The maximum absolute atomic E-state index is 13.9. The van der Waals surface area contributed by atoms with Crippen LogP contribution in [0.5, 0.6) is 0 Å². The first-order valence-corrected chi connectivity index (χ1v) is 15.1. The zero-order valence-corrected chi connectivity index (χ0v) is 24.4. The van der Waals surface area contributed by atoms with Gasteiger partial charge < -0.3 is 14.5 Å². The molecule has 6 rings (SSSR count). The van der Waals surface area contributed by atoms with Gasteiger partial charge in [-0.2, -0.15) is 13.2 Å². The summed E-state index contributed by atoms with van der Waals surface area (Å²) in [5.74, 6) is -0.499. The van der Waals surface area contributed by atoms with Crippen LogP contribution in [-0.2, 0) is 17.5 Å². The van der Waals surface area contributed by atoms with Crippen LogP contribution in [0.4, 0.5) is 13.2 Å². The Balaban J connectivity index is 1.62. The number of halogens is 3. The van der Waals surface area contributed by atoms with Crippen molar-refractivity contribution in [3.63, 3.8) is 0 Å². The molecule has 0 aliphatic carbocycles. The molecule has 2 aliphatic rings. The second kappa shape index (κ2) is 12.1. The first-order chi connectivity index (χ1) is 20.8. The highest BCUT2D eigenvalue weighted by molar-refractivity contribution is 6.07. The summed E-state index contributed by atoms with van der Waals surface area (Å²) in [4.78, 5) is 18.8. The van der Waals surface area contributed by atoms with Crippen molar-refractivity contribution in [2.24, 2.45) is 0 Å². The predicted molar refractivity (Wildman–Crippen MR) is 162 cm³/mol. The molecule has 2 aliphatic heterocycles. The van der Waals surface area contributed by atoms with Crippen molar-refractivity contribution in [2.45, 2.75) is 50.9 Å². The second-order valence-electron chi connectivity index (χ2n) is 11.8. The van der Waals surface area contributed by atoms with E-state index in [1.165, 1.54) is 13.2 Å². The molecule has 8 heteroatoms. The van der Waals surface area contributed by atoms with E-state index in [-0.39, 0.29) is 0 Å². The third-order valence-corrected chi connectivity index (χ3v) is 9.31. The average molecular weight is 589 g/mol. The van der Waals surface area contributed by atoms with Crippen LogP contribution in [0, 0.1) is 0 Å². The number of piperidine rings is 2. The third kappa shape index (κ3) is 5.91. The maximum atomic E-state index is 13.9. The topological polar surface area (TPSA) is 51.2 Å². The molecule has 3 heterocycles.